The Morgan fingerprint density at radius 3 is 2.54 bits per heavy atom. The van der Waals surface area contributed by atoms with E-state index in [0.717, 1.165) is 43.7 Å². The van der Waals surface area contributed by atoms with Gasteiger partial charge in [0, 0.05) is 18.4 Å². The summed E-state index contributed by atoms with van der Waals surface area (Å²) in [6, 6.07) is 3.83. The third kappa shape index (κ3) is 2.64. The topological polar surface area (TPSA) is 37.3 Å². The average Bonchev–Trinajstić information content (AvgIpc) is 2.94. The van der Waals surface area contributed by atoms with Gasteiger partial charge in [-0.15, -0.1) is 0 Å². The molecule has 2 fully saturated rings. The second kappa shape index (κ2) is 6.35. The van der Waals surface area contributed by atoms with Gasteiger partial charge in [0.2, 0.25) is 0 Å². The summed E-state index contributed by atoms with van der Waals surface area (Å²) < 4.78 is 28.1. The molecular weight excluding hydrogens is 358 g/mol. The predicted molar refractivity (Wildman–Crippen MR) is 103 cm³/mol. The maximum atomic E-state index is 14.1. The Balaban J connectivity index is 1.70. The first-order valence-corrected chi connectivity index (χ1v) is 10.5. The summed E-state index contributed by atoms with van der Waals surface area (Å²) in [5, 5.41) is 10.8. The number of rotatable bonds is 1. The van der Waals surface area contributed by atoms with Crippen LogP contribution in [-0.4, -0.2) is 17.0 Å². The van der Waals surface area contributed by atoms with Crippen LogP contribution in [0.1, 0.15) is 63.4 Å². The van der Waals surface area contributed by atoms with Gasteiger partial charge in [-0.1, -0.05) is 12.5 Å². The minimum Gasteiger partial charge on any atom is -0.393 e. The summed E-state index contributed by atoms with van der Waals surface area (Å²) in [6.07, 6.45) is 7.03. The number of ketones is 1. The normalized spacial score (nSPS) is 37.3. The molecule has 0 radical (unpaired) electrons. The second-order valence-electron chi connectivity index (χ2n) is 9.38. The lowest BCUT2D eigenvalue weighted by Crippen LogP contribution is -2.45. The van der Waals surface area contributed by atoms with Gasteiger partial charge >= 0.3 is 0 Å². The van der Waals surface area contributed by atoms with Crippen LogP contribution in [0, 0.1) is 28.9 Å². The molecule has 0 aromatic heterocycles. The van der Waals surface area contributed by atoms with E-state index in [9.17, 15) is 18.7 Å². The van der Waals surface area contributed by atoms with Crippen molar-refractivity contribution in [1.29, 1.82) is 0 Å². The fourth-order valence-corrected chi connectivity index (χ4v) is 6.71. The maximum Gasteiger partial charge on any atom is 0.156 e. The van der Waals surface area contributed by atoms with Crippen LogP contribution in [-0.2, 0) is 4.79 Å². The summed E-state index contributed by atoms with van der Waals surface area (Å²) >= 11 is 0. The van der Waals surface area contributed by atoms with E-state index >= 15 is 0 Å². The Hall–Kier alpha value is -1.81. The molecule has 4 aliphatic rings. The van der Waals surface area contributed by atoms with Crippen LogP contribution >= 0.6 is 0 Å². The van der Waals surface area contributed by atoms with Crippen molar-refractivity contribution >= 4 is 5.78 Å². The minimum atomic E-state index is -0.554. The zero-order valence-corrected chi connectivity index (χ0v) is 16.2. The van der Waals surface area contributed by atoms with E-state index in [4.69, 9.17) is 0 Å². The maximum absolute atomic E-state index is 14.1. The SMILES string of the molecule is CC12CC(c3cc(F)cc(F)c3)C3=C4CCC(=O)C=C4CCC3C1CCC2O. The summed E-state index contributed by atoms with van der Waals surface area (Å²) in [6.45, 7) is 2.16. The lowest BCUT2D eigenvalue weighted by atomic mass is 9.53. The molecular formula is C24H26F2O2. The number of benzene rings is 1. The van der Waals surface area contributed by atoms with Crippen molar-refractivity contribution in [2.24, 2.45) is 17.3 Å². The Morgan fingerprint density at radius 1 is 1.04 bits per heavy atom. The number of allylic oxidation sites excluding steroid dienone is 4. The molecule has 2 nitrogen and oxygen atoms in total. The number of carbonyl (C=O) groups excluding carboxylic acids is 1. The molecule has 0 spiro atoms. The molecule has 5 rings (SSSR count). The van der Waals surface area contributed by atoms with E-state index in [0.29, 0.717) is 30.2 Å². The molecule has 4 heteroatoms. The molecule has 5 atom stereocenters. The number of hydrogen-bond acceptors (Lipinski definition) is 2. The molecule has 28 heavy (non-hydrogen) atoms. The molecule has 0 heterocycles. The van der Waals surface area contributed by atoms with Crippen LogP contribution in [0.5, 0.6) is 0 Å². The summed E-state index contributed by atoms with van der Waals surface area (Å²) in [5.74, 6) is -0.297. The average molecular weight is 384 g/mol. The van der Waals surface area contributed by atoms with Crippen molar-refractivity contribution < 1.29 is 18.7 Å². The molecule has 1 aromatic rings. The van der Waals surface area contributed by atoms with Crippen LogP contribution in [0.2, 0.25) is 0 Å². The molecule has 1 aromatic carbocycles. The molecule has 148 valence electrons. The Labute approximate surface area is 164 Å². The molecule has 0 amide bonds. The minimum absolute atomic E-state index is 0.101. The number of fused-ring (bicyclic) bond motifs is 4. The smallest absolute Gasteiger partial charge is 0.156 e. The first-order valence-electron chi connectivity index (χ1n) is 10.5. The van der Waals surface area contributed by atoms with Crippen LogP contribution in [0.3, 0.4) is 0 Å². The second-order valence-corrected chi connectivity index (χ2v) is 9.38. The first-order chi connectivity index (χ1) is 13.4. The third-order valence-corrected chi connectivity index (χ3v) is 7.97. The fourth-order valence-electron chi connectivity index (χ4n) is 6.71. The summed E-state index contributed by atoms with van der Waals surface area (Å²) in [7, 11) is 0. The molecule has 2 saturated carbocycles. The van der Waals surface area contributed by atoms with E-state index in [1.165, 1.54) is 23.3 Å². The van der Waals surface area contributed by atoms with Gasteiger partial charge in [0.1, 0.15) is 11.6 Å². The van der Waals surface area contributed by atoms with E-state index in [1.807, 2.05) is 0 Å². The lowest BCUT2D eigenvalue weighted by molar-refractivity contribution is -0.114. The van der Waals surface area contributed by atoms with Crippen molar-refractivity contribution in [1.82, 2.24) is 0 Å². The van der Waals surface area contributed by atoms with E-state index in [-0.39, 0.29) is 23.2 Å². The zero-order chi connectivity index (χ0) is 19.6. The van der Waals surface area contributed by atoms with Gasteiger partial charge in [0.05, 0.1) is 6.10 Å². The van der Waals surface area contributed by atoms with Crippen LogP contribution < -0.4 is 0 Å². The number of aliphatic hydroxyl groups excluding tert-OH is 1. The van der Waals surface area contributed by atoms with Gasteiger partial charge in [-0.05, 0) is 90.7 Å². The molecule has 0 bridgehead atoms. The predicted octanol–water partition coefficient (Wildman–Crippen LogP) is 5.23. The van der Waals surface area contributed by atoms with Crippen LogP contribution in [0.25, 0.3) is 0 Å². The van der Waals surface area contributed by atoms with Crippen molar-refractivity contribution in [3.63, 3.8) is 0 Å². The van der Waals surface area contributed by atoms with Gasteiger partial charge in [-0.2, -0.15) is 0 Å². The number of halogens is 2. The zero-order valence-electron chi connectivity index (χ0n) is 16.2. The van der Waals surface area contributed by atoms with Gasteiger partial charge < -0.3 is 5.11 Å². The van der Waals surface area contributed by atoms with Gasteiger partial charge in [0.25, 0.3) is 0 Å². The number of carbonyl (C=O) groups is 1. The summed E-state index contributed by atoms with van der Waals surface area (Å²) in [5.41, 5.74) is 4.13. The molecule has 1 N–H and O–H groups in total. The van der Waals surface area contributed by atoms with Crippen molar-refractivity contribution in [2.75, 3.05) is 0 Å². The highest BCUT2D eigenvalue weighted by Crippen LogP contribution is 2.63. The van der Waals surface area contributed by atoms with Crippen molar-refractivity contribution in [2.45, 2.75) is 63.9 Å². The Bertz CT molecular complexity index is 895. The first kappa shape index (κ1) is 18.2. The standard InChI is InChI=1S/C24H26F2O2/c1-24-12-20(14-8-15(25)11-16(26)9-14)23-18-5-3-17(27)10-13(18)2-4-19(23)21(24)6-7-22(24)28/h8-11,19-22,28H,2-7,12H2,1H3. The van der Waals surface area contributed by atoms with E-state index < -0.39 is 11.6 Å². The molecule has 4 aliphatic carbocycles. The van der Waals surface area contributed by atoms with Gasteiger partial charge in [-0.3, -0.25) is 4.79 Å². The highest BCUT2D eigenvalue weighted by Gasteiger charge is 2.56. The largest absolute Gasteiger partial charge is 0.393 e. The fraction of sp³-hybridized carbons (Fsp3) is 0.542. The van der Waals surface area contributed by atoms with Crippen LogP contribution in [0.15, 0.2) is 41.0 Å². The lowest BCUT2D eigenvalue weighted by Gasteiger charge is -2.52. The highest BCUT2D eigenvalue weighted by molar-refractivity contribution is 5.93. The third-order valence-electron chi connectivity index (χ3n) is 7.97. The molecule has 0 aliphatic heterocycles. The summed E-state index contributed by atoms with van der Waals surface area (Å²) in [4.78, 5) is 12.0. The van der Waals surface area contributed by atoms with E-state index in [2.05, 4.69) is 6.92 Å². The van der Waals surface area contributed by atoms with Crippen molar-refractivity contribution in [3.05, 3.63) is 58.2 Å². The van der Waals surface area contributed by atoms with Gasteiger partial charge in [-0.25, -0.2) is 8.78 Å². The Morgan fingerprint density at radius 2 is 1.79 bits per heavy atom. The Kier molecular flexibility index (Phi) is 4.13. The quantitative estimate of drug-likeness (QED) is 0.720. The van der Waals surface area contributed by atoms with Crippen LogP contribution in [0.4, 0.5) is 8.78 Å². The number of aliphatic hydroxyl groups is 1. The van der Waals surface area contributed by atoms with Crippen molar-refractivity contribution in [3.8, 4) is 0 Å². The number of hydrogen-bond donors (Lipinski definition) is 1. The molecule has 5 unspecified atom stereocenters. The highest BCUT2D eigenvalue weighted by atomic mass is 19.1. The van der Waals surface area contributed by atoms with Gasteiger partial charge in [0.15, 0.2) is 5.78 Å². The monoisotopic (exact) mass is 384 g/mol. The molecule has 0 saturated heterocycles. The van der Waals surface area contributed by atoms with E-state index in [1.54, 1.807) is 6.08 Å².